The first-order valence-corrected chi connectivity index (χ1v) is 9.96. The Morgan fingerprint density at radius 2 is 1.79 bits per heavy atom. The van der Waals surface area contributed by atoms with E-state index in [4.69, 9.17) is 39.1 Å². The number of hydrogen-bond donors (Lipinski definition) is 0. The highest BCUT2D eigenvalue weighted by molar-refractivity contribution is 6.55. The first-order valence-electron chi connectivity index (χ1n) is 9.21. The molecule has 0 N–H and O–H groups in total. The maximum atomic E-state index is 12.8. The Hall–Kier alpha value is -2.48. The Kier molecular flexibility index (Phi) is 8.57. The van der Waals surface area contributed by atoms with E-state index < -0.39 is 18.0 Å². The monoisotopic (exact) mass is 431 g/mol. The van der Waals surface area contributed by atoms with E-state index >= 15 is 0 Å². The Labute approximate surface area is 181 Å². The second-order valence-electron chi connectivity index (χ2n) is 6.88. The molecule has 3 unspecified atom stereocenters. The summed E-state index contributed by atoms with van der Waals surface area (Å²) in [7, 11) is 0. The average molecular weight is 432 g/mol. The van der Waals surface area contributed by atoms with Crippen molar-refractivity contribution in [3.63, 3.8) is 0 Å². The summed E-state index contributed by atoms with van der Waals surface area (Å²) in [5.74, 6) is 2.38. The third-order valence-electron chi connectivity index (χ3n) is 4.31. The van der Waals surface area contributed by atoms with Crippen LogP contribution in [0, 0.1) is 30.1 Å². The molecule has 2 rings (SSSR count). The van der Waals surface area contributed by atoms with Gasteiger partial charge in [0.25, 0.3) is 0 Å². The zero-order valence-corrected chi connectivity index (χ0v) is 18.0. The van der Waals surface area contributed by atoms with Gasteiger partial charge in [-0.2, -0.15) is 0 Å². The number of aromatic nitrogens is 1. The molecule has 0 saturated carbocycles. The van der Waals surface area contributed by atoms with Gasteiger partial charge in [-0.15, -0.1) is 6.42 Å². The van der Waals surface area contributed by atoms with Gasteiger partial charge in [0, 0.05) is 6.07 Å². The molecule has 0 amide bonds. The predicted octanol–water partition coefficient (Wildman–Crippen LogP) is 6.32. The molecule has 0 aliphatic rings. The molecule has 0 fully saturated rings. The van der Waals surface area contributed by atoms with Gasteiger partial charge in [0.1, 0.15) is 10.2 Å². The molecule has 0 bridgehead atoms. The van der Waals surface area contributed by atoms with Crippen LogP contribution in [-0.2, 0) is 9.53 Å². The normalized spacial score (nSPS) is 13.7. The standard InChI is InChI=1S/C23H23Cl2NO3/c1-5-19(29-23(27)22(15(2)3)16(4)14-20(24)25)18-12-9-13-21(26-18)28-17-10-7-6-8-11-17/h1,6-16,19,22H,2-4H3. The number of pyridine rings is 1. The van der Waals surface area contributed by atoms with Crippen molar-refractivity contribution in [3.05, 3.63) is 64.8 Å². The second-order valence-corrected chi connectivity index (χ2v) is 7.89. The zero-order chi connectivity index (χ0) is 21.4. The molecule has 0 radical (unpaired) electrons. The van der Waals surface area contributed by atoms with E-state index in [0.29, 0.717) is 17.3 Å². The number of terminal acetylenes is 1. The van der Waals surface area contributed by atoms with Crippen LogP contribution in [0.5, 0.6) is 11.6 Å². The first-order chi connectivity index (χ1) is 13.8. The lowest BCUT2D eigenvalue weighted by molar-refractivity contribution is -0.155. The zero-order valence-electron chi connectivity index (χ0n) is 16.5. The minimum Gasteiger partial charge on any atom is -0.442 e. The topological polar surface area (TPSA) is 48.4 Å². The van der Waals surface area contributed by atoms with Crippen molar-refractivity contribution in [1.29, 1.82) is 0 Å². The van der Waals surface area contributed by atoms with E-state index in [1.807, 2.05) is 51.1 Å². The number of rotatable bonds is 8. The Morgan fingerprint density at radius 3 is 2.38 bits per heavy atom. The summed E-state index contributed by atoms with van der Waals surface area (Å²) in [6.45, 7) is 5.71. The van der Waals surface area contributed by atoms with Crippen LogP contribution < -0.4 is 4.74 Å². The molecule has 0 saturated heterocycles. The van der Waals surface area contributed by atoms with Gasteiger partial charge in [-0.1, -0.05) is 80.2 Å². The molecule has 0 aliphatic heterocycles. The molecule has 1 heterocycles. The number of ether oxygens (including phenoxy) is 2. The second kappa shape index (κ2) is 10.9. The van der Waals surface area contributed by atoms with Crippen LogP contribution in [0.25, 0.3) is 0 Å². The van der Waals surface area contributed by atoms with Gasteiger partial charge < -0.3 is 9.47 Å². The molecule has 0 aliphatic carbocycles. The molecule has 152 valence electrons. The summed E-state index contributed by atoms with van der Waals surface area (Å²) in [5, 5.41) is 0. The van der Waals surface area contributed by atoms with Gasteiger partial charge >= 0.3 is 5.97 Å². The molecule has 29 heavy (non-hydrogen) atoms. The first kappa shape index (κ1) is 22.8. The van der Waals surface area contributed by atoms with Crippen LogP contribution in [-0.4, -0.2) is 11.0 Å². The molecular weight excluding hydrogens is 409 g/mol. The summed E-state index contributed by atoms with van der Waals surface area (Å²) in [4.78, 5) is 17.2. The van der Waals surface area contributed by atoms with Gasteiger partial charge in [0.2, 0.25) is 12.0 Å². The lowest BCUT2D eigenvalue weighted by atomic mass is 9.84. The van der Waals surface area contributed by atoms with Crippen LogP contribution in [0.4, 0.5) is 0 Å². The number of para-hydroxylation sites is 1. The van der Waals surface area contributed by atoms with Crippen LogP contribution in [0.15, 0.2) is 59.1 Å². The van der Waals surface area contributed by atoms with E-state index in [1.165, 1.54) is 0 Å². The number of esters is 1. The van der Waals surface area contributed by atoms with Crippen LogP contribution in [0.3, 0.4) is 0 Å². The number of nitrogens with zero attached hydrogens (tertiary/aromatic N) is 1. The molecular formula is C23H23Cl2NO3. The smallest absolute Gasteiger partial charge is 0.311 e. The fraction of sp³-hybridized carbons (Fsp3) is 0.304. The van der Waals surface area contributed by atoms with E-state index in [2.05, 4.69) is 10.9 Å². The highest BCUT2D eigenvalue weighted by atomic mass is 35.5. The van der Waals surface area contributed by atoms with E-state index in [0.717, 1.165) is 0 Å². The molecule has 1 aromatic carbocycles. The SMILES string of the molecule is C#CC(OC(=O)C(C(C)C)C(C)C=C(Cl)Cl)c1cccc(Oc2ccccc2)n1. The van der Waals surface area contributed by atoms with Crippen molar-refractivity contribution in [1.82, 2.24) is 4.98 Å². The summed E-state index contributed by atoms with van der Waals surface area (Å²) in [6.07, 6.45) is 6.31. The molecule has 0 spiro atoms. The van der Waals surface area contributed by atoms with Crippen LogP contribution in [0.1, 0.15) is 32.6 Å². The van der Waals surface area contributed by atoms with Crippen LogP contribution >= 0.6 is 23.2 Å². The lowest BCUT2D eigenvalue weighted by Gasteiger charge is -2.25. The number of hydrogen-bond acceptors (Lipinski definition) is 4. The minimum atomic E-state index is -0.939. The quantitative estimate of drug-likeness (QED) is 0.362. The summed E-state index contributed by atoms with van der Waals surface area (Å²) < 4.78 is 11.4. The maximum absolute atomic E-state index is 12.8. The third-order valence-corrected chi connectivity index (χ3v) is 4.56. The highest BCUT2D eigenvalue weighted by Gasteiger charge is 2.31. The number of benzene rings is 1. The highest BCUT2D eigenvalue weighted by Crippen LogP contribution is 2.29. The fourth-order valence-electron chi connectivity index (χ4n) is 3.01. The predicted molar refractivity (Wildman–Crippen MR) is 116 cm³/mol. The molecule has 3 atom stereocenters. The van der Waals surface area contributed by atoms with Gasteiger partial charge in [0.05, 0.1) is 11.6 Å². The Morgan fingerprint density at radius 1 is 1.10 bits per heavy atom. The summed E-state index contributed by atoms with van der Waals surface area (Å²) in [5.41, 5.74) is 0.412. The molecule has 1 aromatic heterocycles. The molecule has 2 aromatic rings. The number of carbonyl (C=O) groups excluding carboxylic acids is 1. The van der Waals surface area contributed by atoms with Crippen molar-refractivity contribution in [2.75, 3.05) is 0 Å². The fourth-order valence-corrected chi connectivity index (χ4v) is 3.41. The minimum absolute atomic E-state index is 0.000523. The summed E-state index contributed by atoms with van der Waals surface area (Å²) in [6, 6.07) is 14.4. The Balaban J connectivity index is 2.18. The van der Waals surface area contributed by atoms with Crippen molar-refractivity contribution in [3.8, 4) is 24.0 Å². The van der Waals surface area contributed by atoms with Crippen molar-refractivity contribution < 1.29 is 14.3 Å². The van der Waals surface area contributed by atoms with Crippen molar-refractivity contribution >= 4 is 29.2 Å². The van der Waals surface area contributed by atoms with Gasteiger partial charge in [0.15, 0.2) is 0 Å². The van der Waals surface area contributed by atoms with Crippen molar-refractivity contribution in [2.45, 2.75) is 26.9 Å². The maximum Gasteiger partial charge on any atom is 0.311 e. The third kappa shape index (κ3) is 6.81. The summed E-state index contributed by atoms with van der Waals surface area (Å²) >= 11 is 11.5. The number of carbonyl (C=O) groups is 1. The van der Waals surface area contributed by atoms with E-state index in [9.17, 15) is 4.79 Å². The number of halogens is 2. The van der Waals surface area contributed by atoms with Crippen molar-refractivity contribution in [2.24, 2.45) is 17.8 Å². The number of allylic oxidation sites excluding steroid dienone is 1. The van der Waals surface area contributed by atoms with E-state index in [-0.39, 0.29) is 16.3 Å². The molecule has 4 nitrogen and oxygen atoms in total. The molecule has 6 heteroatoms. The van der Waals surface area contributed by atoms with Gasteiger partial charge in [-0.25, -0.2) is 4.98 Å². The lowest BCUT2D eigenvalue weighted by Crippen LogP contribution is -2.29. The Bertz CT molecular complexity index is 886. The van der Waals surface area contributed by atoms with Crippen LogP contribution in [0.2, 0.25) is 0 Å². The largest absolute Gasteiger partial charge is 0.442 e. The van der Waals surface area contributed by atoms with Gasteiger partial charge in [-0.05, 0) is 30.0 Å². The van der Waals surface area contributed by atoms with E-state index in [1.54, 1.807) is 24.3 Å². The average Bonchev–Trinajstić information content (AvgIpc) is 2.66. The van der Waals surface area contributed by atoms with Gasteiger partial charge in [-0.3, -0.25) is 4.79 Å².